The Labute approximate surface area is 167 Å². The zero-order valence-corrected chi connectivity index (χ0v) is 18.5. The van der Waals surface area contributed by atoms with Gasteiger partial charge in [-0.05, 0) is 56.7 Å². The second-order valence-corrected chi connectivity index (χ2v) is 11.0. The average Bonchev–Trinajstić information content (AvgIpc) is 3.04. The summed E-state index contributed by atoms with van der Waals surface area (Å²) in [7, 11) is -3.48. The van der Waals surface area contributed by atoms with Gasteiger partial charge in [-0.1, -0.05) is 13.8 Å². The molecule has 0 aliphatic carbocycles. The van der Waals surface area contributed by atoms with Crippen LogP contribution >= 0.6 is 11.3 Å². The molecule has 0 unspecified atom stereocenters. The Balaban J connectivity index is 1.75. The highest BCUT2D eigenvalue weighted by Crippen LogP contribution is 2.26. The van der Waals surface area contributed by atoms with Gasteiger partial charge in [-0.2, -0.15) is 0 Å². The molecule has 1 fully saturated rings. The first-order valence-electron chi connectivity index (χ1n) is 9.76. The molecule has 3 atom stereocenters. The molecule has 0 bridgehead atoms. The van der Waals surface area contributed by atoms with Crippen LogP contribution < -0.4 is 10.0 Å². The van der Waals surface area contributed by atoms with Crippen molar-refractivity contribution < 1.29 is 13.2 Å². The van der Waals surface area contributed by atoms with Crippen LogP contribution in [0.3, 0.4) is 0 Å². The van der Waals surface area contributed by atoms with Gasteiger partial charge in [0.25, 0.3) is 0 Å². The topological polar surface area (TPSA) is 78.5 Å². The summed E-state index contributed by atoms with van der Waals surface area (Å²) in [6.07, 6.45) is 3.13. The maximum Gasteiger partial charge on any atom is 0.250 e. The number of thiophene rings is 1. The molecule has 154 valence electrons. The van der Waals surface area contributed by atoms with Crippen molar-refractivity contribution in [3.05, 3.63) is 17.0 Å². The first-order valence-corrected chi connectivity index (χ1v) is 12.1. The van der Waals surface area contributed by atoms with Crippen LogP contribution in [0.25, 0.3) is 0 Å². The van der Waals surface area contributed by atoms with Crippen LogP contribution in [-0.4, -0.2) is 45.4 Å². The zero-order chi connectivity index (χ0) is 20.0. The van der Waals surface area contributed by atoms with Crippen molar-refractivity contribution in [2.24, 2.45) is 11.8 Å². The summed E-state index contributed by atoms with van der Waals surface area (Å²) in [5.41, 5.74) is 0. The number of nitrogens with one attached hydrogen (secondary N) is 2. The number of hydrogen-bond acceptors (Lipinski definition) is 5. The first kappa shape index (κ1) is 22.3. The summed E-state index contributed by atoms with van der Waals surface area (Å²) in [5.74, 6) is 1.37. The molecule has 1 aromatic heterocycles. The number of rotatable bonds is 9. The molecule has 1 saturated heterocycles. The largest absolute Gasteiger partial charge is 0.349 e. The van der Waals surface area contributed by atoms with Gasteiger partial charge >= 0.3 is 0 Å². The van der Waals surface area contributed by atoms with Gasteiger partial charge < -0.3 is 10.2 Å². The molecule has 1 amide bonds. The van der Waals surface area contributed by atoms with Crippen molar-refractivity contribution in [3.63, 3.8) is 0 Å². The molecule has 1 aliphatic heterocycles. The van der Waals surface area contributed by atoms with E-state index in [1.807, 2.05) is 6.92 Å². The Morgan fingerprint density at radius 3 is 2.56 bits per heavy atom. The average molecular weight is 416 g/mol. The lowest BCUT2D eigenvalue weighted by Gasteiger charge is -2.34. The van der Waals surface area contributed by atoms with Crippen LogP contribution in [0.1, 0.15) is 57.9 Å². The van der Waals surface area contributed by atoms with E-state index < -0.39 is 10.0 Å². The van der Waals surface area contributed by atoms with Crippen LogP contribution in [-0.2, 0) is 14.8 Å². The van der Waals surface area contributed by atoms with Crippen LogP contribution in [0.4, 0.5) is 0 Å². The van der Waals surface area contributed by atoms with E-state index in [1.165, 1.54) is 24.7 Å². The fourth-order valence-corrected chi connectivity index (χ4v) is 6.25. The van der Waals surface area contributed by atoms with E-state index in [1.54, 1.807) is 12.1 Å². The van der Waals surface area contributed by atoms with Gasteiger partial charge in [0.1, 0.15) is 4.21 Å². The number of unbranched alkanes of at least 4 members (excludes halogenated alkanes) is 1. The van der Waals surface area contributed by atoms with E-state index in [9.17, 15) is 13.2 Å². The lowest BCUT2D eigenvalue weighted by Crippen LogP contribution is -2.39. The van der Waals surface area contributed by atoms with Gasteiger partial charge in [0.15, 0.2) is 0 Å². The molecule has 2 rings (SSSR count). The monoisotopic (exact) mass is 415 g/mol. The summed E-state index contributed by atoms with van der Waals surface area (Å²) in [6.45, 7) is 11.7. The second-order valence-electron chi connectivity index (χ2n) is 7.89. The third-order valence-electron chi connectivity index (χ3n) is 4.85. The molecule has 0 saturated carbocycles. The van der Waals surface area contributed by atoms with E-state index in [2.05, 4.69) is 28.8 Å². The number of piperidine rings is 1. The van der Waals surface area contributed by atoms with E-state index in [-0.39, 0.29) is 11.9 Å². The van der Waals surface area contributed by atoms with Crippen LogP contribution in [0.2, 0.25) is 0 Å². The number of carbonyl (C=O) groups excluding carboxylic acids is 1. The van der Waals surface area contributed by atoms with Gasteiger partial charge in [-0.3, -0.25) is 4.79 Å². The van der Waals surface area contributed by atoms with Gasteiger partial charge in [0, 0.05) is 31.4 Å². The van der Waals surface area contributed by atoms with Crippen molar-refractivity contribution in [2.45, 2.75) is 57.2 Å². The van der Waals surface area contributed by atoms with Crippen molar-refractivity contribution in [1.29, 1.82) is 0 Å². The Morgan fingerprint density at radius 1 is 1.26 bits per heavy atom. The van der Waals surface area contributed by atoms with E-state index in [0.29, 0.717) is 10.8 Å². The first-order chi connectivity index (χ1) is 12.7. The molecule has 2 N–H and O–H groups in total. The Kier molecular flexibility index (Phi) is 8.27. The van der Waals surface area contributed by atoms with Gasteiger partial charge in [0.2, 0.25) is 15.9 Å². The molecule has 2 heterocycles. The minimum atomic E-state index is -3.48. The molecule has 8 heteroatoms. The third-order valence-corrected chi connectivity index (χ3v) is 8.07. The van der Waals surface area contributed by atoms with Gasteiger partial charge in [0.05, 0.1) is 6.04 Å². The fourth-order valence-electron chi connectivity index (χ4n) is 3.80. The number of sulfonamides is 1. The van der Waals surface area contributed by atoms with Gasteiger partial charge in [-0.15, -0.1) is 11.3 Å². The highest BCUT2D eigenvalue weighted by Gasteiger charge is 2.21. The van der Waals surface area contributed by atoms with Crippen molar-refractivity contribution in [2.75, 3.05) is 26.2 Å². The van der Waals surface area contributed by atoms with Crippen LogP contribution in [0.5, 0.6) is 0 Å². The van der Waals surface area contributed by atoms with E-state index in [0.717, 1.165) is 49.2 Å². The molecule has 0 spiro atoms. The summed E-state index contributed by atoms with van der Waals surface area (Å²) in [6, 6.07) is 3.18. The SMILES string of the molecule is CC(=O)N[C@@H](C)c1ccc(S(=O)(=O)NCCCCN2C[C@H](C)C[C@H](C)C2)s1. The maximum absolute atomic E-state index is 12.4. The lowest BCUT2D eigenvalue weighted by atomic mass is 9.92. The molecule has 6 nitrogen and oxygen atoms in total. The normalized spacial score (nSPS) is 22.5. The number of likely N-dealkylation sites (tertiary alicyclic amines) is 1. The minimum Gasteiger partial charge on any atom is -0.349 e. The Bertz CT molecular complexity index is 708. The van der Waals surface area contributed by atoms with Crippen LogP contribution in [0, 0.1) is 11.8 Å². The number of carbonyl (C=O) groups is 1. The summed E-state index contributed by atoms with van der Waals surface area (Å²) < 4.78 is 27.9. The predicted octanol–water partition coefficient (Wildman–Crippen LogP) is 2.98. The molecular weight excluding hydrogens is 382 g/mol. The zero-order valence-electron chi connectivity index (χ0n) is 16.8. The molecular formula is C19H33N3O3S2. The molecule has 1 aliphatic rings. The second kappa shape index (κ2) is 10.0. The molecule has 27 heavy (non-hydrogen) atoms. The minimum absolute atomic E-state index is 0.129. The smallest absolute Gasteiger partial charge is 0.250 e. The molecule has 1 aromatic rings. The highest BCUT2D eigenvalue weighted by molar-refractivity contribution is 7.91. The number of nitrogens with zero attached hydrogens (tertiary/aromatic N) is 1. The fraction of sp³-hybridized carbons (Fsp3) is 0.737. The van der Waals surface area contributed by atoms with Crippen LogP contribution in [0.15, 0.2) is 16.3 Å². The van der Waals surface area contributed by atoms with E-state index >= 15 is 0 Å². The maximum atomic E-state index is 12.4. The number of hydrogen-bond donors (Lipinski definition) is 2. The molecule has 0 aromatic carbocycles. The van der Waals surface area contributed by atoms with Crippen molar-refractivity contribution in [3.8, 4) is 0 Å². The lowest BCUT2D eigenvalue weighted by molar-refractivity contribution is -0.119. The summed E-state index contributed by atoms with van der Waals surface area (Å²) in [5, 5.41) is 2.77. The molecule has 0 radical (unpaired) electrons. The van der Waals surface area contributed by atoms with Crippen molar-refractivity contribution >= 4 is 27.3 Å². The quantitative estimate of drug-likeness (QED) is 0.608. The number of amides is 1. The van der Waals surface area contributed by atoms with E-state index in [4.69, 9.17) is 0 Å². The van der Waals surface area contributed by atoms with Gasteiger partial charge in [-0.25, -0.2) is 13.1 Å². The Hall–Kier alpha value is -0.960. The predicted molar refractivity (Wildman–Crippen MR) is 110 cm³/mol. The van der Waals surface area contributed by atoms with Crippen molar-refractivity contribution in [1.82, 2.24) is 14.9 Å². The third kappa shape index (κ3) is 7.18. The highest BCUT2D eigenvalue weighted by atomic mass is 32.2. The summed E-state index contributed by atoms with van der Waals surface area (Å²) >= 11 is 1.20. The summed E-state index contributed by atoms with van der Waals surface area (Å²) in [4.78, 5) is 14.5. The standard InChI is InChI=1S/C19H33N3O3S2/c1-14-11-15(2)13-22(12-14)10-6-5-9-20-27(24,25)19-8-7-18(26-19)16(3)21-17(4)23/h7-8,14-16,20H,5-6,9-13H2,1-4H3,(H,21,23)/t14-,15+,16-/m0/s1. The Morgan fingerprint density at radius 2 is 1.93 bits per heavy atom.